The first-order valence-corrected chi connectivity index (χ1v) is 8.20. The number of nitrogens with zero attached hydrogens (tertiary/aromatic N) is 1. The van der Waals surface area contributed by atoms with Gasteiger partial charge in [0.15, 0.2) is 0 Å². The number of rotatable bonds is 4. The topological polar surface area (TPSA) is 127 Å². The van der Waals surface area contributed by atoms with Gasteiger partial charge in [-0.1, -0.05) is 12.1 Å². The molecule has 9 nitrogen and oxygen atoms in total. The molecule has 0 spiro atoms. The lowest BCUT2D eigenvalue weighted by Gasteiger charge is -2.13. The van der Waals surface area contributed by atoms with Crippen molar-refractivity contribution >= 4 is 34.6 Å². The lowest BCUT2D eigenvalue weighted by Crippen LogP contribution is -2.30. The minimum Gasteiger partial charge on any atom is -0.329 e. The number of H-pyrrole nitrogens is 2. The van der Waals surface area contributed by atoms with E-state index in [1.807, 2.05) is 0 Å². The van der Waals surface area contributed by atoms with E-state index in [2.05, 4.69) is 20.6 Å². The summed E-state index contributed by atoms with van der Waals surface area (Å²) in [5.74, 6) is -0.644. The van der Waals surface area contributed by atoms with Crippen molar-refractivity contribution in [3.05, 3.63) is 64.1 Å². The molecule has 0 aliphatic carbocycles. The fraction of sp³-hybridized carbons (Fsp3) is 0.111. The molecular weight excluding hydrogens is 350 g/mol. The molecule has 1 aliphatic rings. The molecule has 0 atom stereocenters. The molecule has 3 aromatic rings. The Balaban J connectivity index is 1.52. The summed E-state index contributed by atoms with van der Waals surface area (Å²) in [5.41, 5.74) is 2.50. The van der Waals surface area contributed by atoms with E-state index in [4.69, 9.17) is 0 Å². The lowest BCUT2D eigenvalue weighted by molar-refractivity contribution is -0.125. The van der Waals surface area contributed by atoms with Crippen LogP contribution in [0.3, 0.4) is 0 Å². The number of carbonyl (C=O) groups is 3. The maximum Gasteiger partial charge on any atom is 0.324 e. The van der Waals surface area contributed by atoms with Crippen LogP contribution in [-0.4, -0.2) is 39.3 Å². The van der Waals surface area contributed by atoms with Crippen LogP contribution in [0.15, 0.2) is 47.3 Å². The molecule has 0 saturated carbocycles. The summed E-state index contributed by atoms with van der Waals surface area (Å²) >= 11 is 0. The molecule has 0 bridgehead atoms. The first kappa shape index (κ1) is 16.6. The average Bonchev–Trinajstić information content (AvgIpc) is 3.17. The second-order valence-corrected chi connectivity index (χ2v) is 6.13. The number of aromatic amines is 2. The predicted octanol–water partition coefficient (Wildman–Crippen LogP) is 1.16. The number of urea groups is 1. The van der Waals surface area contributed by atoms with E-state index >= 15 is 0 Å². The van der Waals surface area contributed by atoms with Gasteiger partial charge in [0.1, 0.15) is 0 Å². The van der Waals surface area contributed by atoms with E-state index in [9.17, 15) is 19.2 Å². The lowest BCUT2D eigenvalue weighted by atomic mass is 10.1. The molecule has 1 aliphatic heterocycles. The molecule has 9 heteroatoms. The number of nitrogens with one attached hydrogen (secondary N) is 4. The van der Waals surface area contributed by atoms with Gasteiger partial charge in [0.25, 0.3) is 5.91 Å². The zero-order valence-electron chi connectivity index (χ0n) is 14.0. The second kappa shape index (κ2) is 6.45. The molecule has 0 unspecified atom stereocenters. The third kappa shape index (κ3) is 3.30. The monoisotopic (exact) mass is 365 g/mol. The van der Waals surface area contributed by atoms with Gasteiger partial charge in [0.2, 0.25) is 5.91 Å². The van der Waals surface area contributed by atoms with Crippen molar-refractivity contribution in [2.45, 2.75) is 6.54 Å². The van der Waals surface area contributed by atoms with Gasteiger partial charge in [-0.15, -0.1) is 0 Å². The van der Waals surface area contributed by atoms with Crippen LogP contribution in [-0.2, 0) is 11.3 Å². The van der Waals surface area contributed by atoms with E-state index in [0.717, 1.165) is 4.90 Å². The van der Waals surface area contributed by atoms with Crippen molar-refractivity contribution in [3.8, 4) is 0 Å². The molecule has 4 N–H and O–H groups in total. The molecule has 4 rings (SSSR count). The number of hydrogen-bond acceptors (Lipinski definition) is 4. The van der Waals surface area contributed by atoms with Crippen LogP contribution in [0.1, 0.15) is 15.9 Å². The average molecular weight is 365 g/mol. The van der Waals surface area contributed by atoms with E-state index in [0.29, 0.717) is 27.8 Å². The smallest absolute Gasteiger partial charge is 0.324 e. The Kier molecular flexibility index (Phi) is 3.96. The van der Waals surface area contributed by atoms with Gasteiger partial charge in [-0.05, 0) is 35.9 Å². The molecule has 1 aromatic heterocycles. The Morgan fingerprint density at radius 1 is 1.04 bits per heavy atom. The second-order valence-electron chi connectivity index (χ2n) is 6.13. The standard InChI is InChI=1S/C18H15N5O4/c24-15-8-19-18(27)23(15)9-10-2-1-3-11(6-10)16(25)20-12-4-5-13-14(7-12)22-17(26)21-13/h1-7H,8-9H2,(H,19,27)(H,20,25)(H2,21,22,26). The van der Waals surface area contributed by atoms with Gasteiger partial charge in [0, 0.05) is 11.3 Å². The molecule has 27 heavy (non-hydrogen) atoms. The fourth-order valence-electron chi connectivity index (χ4n) is 2.92. The zero-order chi connectivity index (χ0) is 19.0. The molecule has 0 radical (unpaired) electrons. The van der Waals surface area contributed by atoms with Crippen LogP contribution in [0, 0.1) is 0 Å². The van der Waals surface area contributed by atoms with Gasteiger partial charge in [-0.25, -0.2) is 9.59 Å². The van der Waals surface area contributed by atoms with Crippen molar-refractivity contribution < 1.29 is 14.4 Å². The summed E-state index contributed by atoms with van der Waals surface area (Å²) < 4.78 is 0. The van der Waals surface area contributed by atoms with Gasteiger partial charge >= 0.3 is 11.7 Å². The van der Waals surface area contributed by atoms with Gasteiger partial charge in [0.05, 0.1) is 24.1 Å². The maximum atomic E-state index is 12.5. The maximum absolute atomic E-state index is 12.5. The highest BCUT2D eigenvalue weighted by Crippen LogP contribution is 2.17. The molecule has 1 fully saturated rings. The first-order valence-electron chi connectivity index (χ1n) is 8.20. The van der Waals surface area contributed by atoms with E-state index in [1.165, 1.54) is 0 Å². The summed E-state index contributed by atoms with van der Waals surface area (Å²) in [7, 11) is 0. The summed E-state index contributed by atoms with van der Waals surface area (Å²) in [6.07, 6.45) is 0. The highest BCUT2D eigenvalue weighted by Gasteiger charge is 2.28. The minimum absolute atomic E-state index is 0.0112. The molecule has 4 amide bonds. The molecular formula is C18H15N5O4. The van der Waals surface area contributed by atoms with Crippen LogP contribution >= 0.6 is 0 Å². The molecule has 2 aromatic carbocycles. The minimum atomic E-state index is -0.441. The van der Waals surface area contributed by atoms with E-state index < -0.39 is 6.03 Å². The number of hydrogen-bond donors (Lipinski definition) is 4. The SMILES string of the molecule is O=C(Nc1ccc2[nH]c(=O)[nH]c2c1)c1cccc(CN2C(=O)CNC2=O)c1. The highest BCUT2D eigenvalue weighted by atomic mass is 16.2. The Labute approximate surface area is 152 Å². The summed E-state index contributed by atoms with van der Waals surface area (Å²) in [6.45, 7) is 0.0884. The number of carbonyl (C=O) groups excluding carboxylic acids is 3. The summed E-state index contributed by atoms with van der Waals surface area (Å²) in [4.78, 5) is 53.5. The zero-order valence-corrected chi connectivity index (χ0v) is 14.0. The van der Waals surface area contributed by atoms with Crippen LogP contribution in [0.25, 0.3) is 11.0 Å². The molecule has 2 heterocycles. The van der Waals surface area contributed by atoms with E-state index in [-0.39, 0.29) is 30.6 Å². The number of imidazole rings is 1. The van der Waals surface area contributed by atoms with Gasteiger partial charge in [-0.3, -0.25) is 14.5 Å². The van der Waals surface area contributed by atoms with Crippen molar-refractivity contribution in [1.29, 1.82) is 0 Å². The predicted molar refractivity (Wildman–Crippen MR) is 97.3 cm³/mol. The number of benzene rings is 2. The van der Waals surface area contributed by atoms with Crippen LogP contribution in [0.5, 0.6) is 0 Å². The Morgan fingerprint density at radius 3 is 2.63 bits per heavy atom. The van der Waals surface area contributed by atoms with Crippen molar-refractivity contribution in [2.75, 3.05) is 11.9 Å². The number of anilines is 1. The number of aromatic nitrogens is 2. The van der Waals surface area contributed by atoms with Crippen LogP contribution in [0.4, 0.5) is 10.5 Å². The van der Waals surface area contributed by atoms with Crippen LogP contribution in [0.2, 0.25) is 0 Å². The summed E-state index contributed by atoms with van der Waals surface area (Å²) in [5, 5.41) is 5.22. The van der Waals surface area contributed by atoms with Crippen molar-refractivity contribution in [3.63, 3.8) is 0 Å². The molecule has 1 saturated heterocycles. The Morgan fingerprint density at radius 2 is 1.85 bits per heavy atom. The highest BCUT2D eigenvalue weighted by molar-refractivity contribution is 6.05. The number of imide groups is 1. The normalized spacial score (nSPS) is 13.9. The quantitative estimate of drug-likeness (QED) is 0.517. The molecule has 136 valence electrons. The fourth-order valence-corrected chi connectivity index (χ4v) is 2.92. The number of amides is 4. The largest absolute Gasteiger partial charge is 0.329 e. The Hall–Kier alpha value is -3.88. The third-order valence-corrected chi connectivity index (χ3v) is 4.24. The van der Waals surface area contributed by atoms with Crippen molar-refractivity contribution in [1.82, 2.24) is 20.2 Å². The van der Waals surface area contributed by atoms with Crippen molar-refractivity contribution in [2.24, 2.45) is 0 Å². The first-order chi connectivity index (χ1) is 13.0. The Bertz CT molecular complexity index is 1110. The number of fused-ring (bicyclic) bond motifs is 1. The van der Waals surface area contributed by atoms with Crippen LogP contribution < -0.4 is 16.3 Å². The van der Waals surface area contributed by atoms with E-state index in [1.54, 1.807) is 42.5 Å². The third-order valence-electron chi connectivity index (χ3n) is 4.24. The summed E-state index contributed by atoms with van der Waals surface area (Å²) in [6, 6.07) is 11.3. The van der Waals surface area contributed by atoms with Gasteiger partial charge < -0.3 is 20.6 Å². The van der Waals surface area contributed by atoms with Gasteiger partial charge in [-0.2, -0.15) is 0 Å².